The van der Waals surface area contributed by atoms with Crippen molar-refractivity contribution in [3.8, 4) is 0 Å². The van der Waals surface area contributed by atoms with E-state index in [1.54, 1.807) is 0 Å². The number of likely N-dealkylation sites (tertiary alicyclic amines) is 1. The quantitative estimate of drug-likeness (QED) is 0.797. The first kappa shape index (κ1) is 14.5. The summed E-state index contributed by atoms with van der Waals surface area (Å²) in [6.45, 7) is 10.4. The molecule has 1 aromatic heterocycles. The highest BCUT2D eigenvalue weighted by Crippen LogP contribution is 2.38. The van der Waals surface area contributed by atoms with Crippen molar-refractivity contribution < 1.29 is 0 Å². The third-order valence-electron chi connectivity index (χ3n) is 5.17. The molecule has 21 heavy (non-hydrogen) atoms. The van der Waals surface area contributed by atoms with Gasteiger partial charge >= 0.3 is 0 Å². The monoisotopic (exact) mass is 286 g/mol. The number of anilines is 1. The van der Waals surface area contributed by atoms with Gasteiger partial charge in [-0.3, -0.25) is 4.90 Å². The predicted molar refractivity (Wildman–Crippen MR) is 86.6 cm³/mol. The smallest absolute Gasteiger partial charge is 0.225 e. The molecule has 0 bridgehead atoms. The van der Waals surface area contributed by atoms with E-state index < -0.39 is 0 Å². The summed E-state index contributed by atoms with van der Waals surface area (Å²) in [5.41, 5.74) is 1.62. The minimum absolute atomic E-state index is 0.411. The van der Waals surface area contributed by atoms with Crippen LogP contribution in [-0.4, -0.2) is 46.6 Å². The molecule has 1 aromatic rings. The number of aryl methyl sites for hydroxylation is 1. The largest absolute Gasteiger partial charge is 0.341 e. The van der Waals surface area contributed by atoms with Gasteiger partial charge in [0, 0.05) is 37.6 Å². The van der Waals surface area contributed by atoms with Crippen molar-refractivity contribution >= 4 is 5.95 Å². The Morgan fingerprint density at radius 2 is 1.90 bits per heavy atom. The summed E-state index contributed by atoms with van der Waals surface area (Å²) in [6, 6.07) is 0. The van der Waals surface area contributed by atoms with Gasteiger partial charge in [0.2, 0.25) is 5.95 Å². The van der Waals surface area contributed by atoms with Crippen molar-refractivity contribution in [1.29, 1.82) is 0 Å². The summed E-state index contributed by atoms with van der Waals surface area (Å²) in [4.78, 5) is 14.0. The third kappa shape index (κ3) is 2.82. The number of hydrogen-bond acceptors (Lipinski definition) is 4. The normalized spacial score (nSPS) is 21.9. The Balaban J connectivity index is 1.65. The van der Waals surface area contributed by atoms with Crippen molar-refractivity contribution in [2.24, 2.45) is 0 Å². The standard InChI is InChI=1S/C17H26N4/c1-3-9-21-10-5-6-17(21)7-11-20(12-8-17)16-18-13-15(4-2)14-19-16/h3,13-14H,1,4-12H2,2H3. The Hall–Kier alpha value is -1.42. The van der Waals surface area contributed by atoms with E-state index in [2.05, 4.69) is 33.3 Å². The van der Waals surface area contributed by atoms with Crippen LogP contribution >= 0.6 is 0 Å². The Morgan fingerprint density at radius 3 is 2.52 bits per heavy atom. The van der Waals surface area contributed by atoms with E-state index >= 15 is 0 Å². The van der Waals surface area contributed by atoms with E-state index in [-0.39, 0.29) is 0 Å². The Kier molecular flexibility index (Phi) is 4.24. The van der Waals surface area contributed by atoms with E-state index in [0.717, 1.165) is 32.0 Å². The fourth-order valence-corrected chi connectivity index (χ4v) is 3.82. The summed E-state index contributed by atoms with van der Waals surface area (Å²) in [5.74, 6) is 0.898. The molecule has 0 amide bonds. The maximum atomic E-state index is 4.53. The van der Waals surface area contributed by atoms with Crippen LogP contribution in [0.25, 0.3) is 0 Å². The Bertz CT molecular complexity index is 474. The molecule has 2 fully saturated rings. The van der Waals surface area contributed by atoms with Gasteiger partial charge in [-0.1, -0.05) is 13.0 Å². The molecule has 2 aliphatic rings. The zero-order valence-electron chi connectivity index (χ0n) is 13.1. The van der Waals surface area contributed by atoms with Crippen LogP contribution < -0.4 is 4.90 Å². The topological polar surface area (TPSA) is 32.3 Å². The lowest BCUT2D eigenvalue weighted by Crippen LogP contribution is -2.52. The van der Waals surface area contributed by atoms with Crippen LogP contribution in [-0.2, 0) is 6.42 Å². The third-order valence-corrected chi connectivity index (χ3v) is 5.17. The number of rotatable bonds is 4. The van der Waals surface area contributed by atoms with Crippen molar-refractivity contribution in [3.05, 3.63) is 30.6 Å². The second-order valence-electron chi connectivity index (χ2n) is 6.29. The van der Waals surface area contributed by atoms with Gasteiger partial charge in [0.1, 0.15) is 0 Å². The van der Waals surface area contributed by atoms with Crippen LogP contribution in [0, 0.1) is 0 Å². The number of nitrogens with zero attached hydrogens (tertiary/aromatic N) is 4. The van der Waals surface area contributed by atoms with Gasteiger partial charge in [0.05, 0.1) is 0 Å². The van der Waals surface area contributed by atoms with Crippen molar-refractivity contribution in [3.63, 3.8) is 0 Å². The molecule has 1 spiro atoms. The minimum Gasteiger partial charge on any atom is -0.341 e. The van der Waals surface area contributed by atoms with E-state index in [9.17, 15) is 0 Å². The zero-order chi connectivity index (χ0) is 14.7. The molecule has 0 unspecified atom stereocenters. The SMILES string of the molecule is C=CCN1CCCC12CCN(c1ncc(CC)cn1)CC2. The lowest BCUT2D eigenvalue weighted by atomic mass is 9.85. The van der Waals surface area contributed by atoms with Gasteiger partial charge < -0.3 is 4.90 Å². The van der Waals surface area contributed by atoms with Gasteiger partial charge in [-0.25, -0.2) is 9.97 Å². The molecule has 3 rings (SSSR count). The molecule has 0 N–H and O–H groups in total. The second-order valence-corrected chi connectivity index (χ2v) is 6.29. The molecular weight excluding hydrogens is 260 g/mol. The zero-order valence-corrected chi connectivity index (χ0v) is 13.1. The summed E-state index contributed by atoms with van der Waals surface area (Å²) < 4.78 is 0. The van der Waals surface area contributed by atoms with Crippen molar-refractivity contribution in [1.82, 2.24) is 14.9 Å². The molecule has 0 saturated carbocycles. The highest BCUT2D eigenvalue weighted by Gasteiger charge is 2.42. The minimum atomic E-state index is 0.411. The van der Waals surface area contributed by atoms with Crippen molar-refractivity contribution in [2.75, 3.05) is 31.1 Å². The molecule has 2 aliphatic heterocycles. The van der Waals surface area contributed by atoms with Gasteiger partial charge in [0.15, 0.2) is 0 Å². The van der Waals surface area contributed by atoms with Gasteiger partial charge in [-0.15, -0.1) is 6.58 Å². The molecule has 0 aliphatic carbocycles. The van der Waals surface area contributed by atoms with E-state index in [0.29, 0.717) is 5.54 Å². The number of piperidine rings is 1. The van der Waals surface area contributed by atoms with Gasteiger partial charge in [0.25, 0.3) is 0 Å². The average Bonchev–Trinajstić information content (AvgIpc) is 2.91. The Labute approximate surface area is 127 Å². The second kappa shape index (κ2) is 6.14. The first-order valence-corrected chi connectivity index (χ1v) is 8.19. The maximum absolute atomic E-state index is 4.53. The summed E-state index contributed by atoms with van der Waals surface area (Å²) in [6.07, 6.45) is 12.1. The molecule has 0 radical (unpaired) electrons. The lowest BCUT2D eigenvalue weighted by Gasteiger charge is -2.44. The predicted octanol–water partition coefficient (Wildman–Crippen LogP) is 2.66. The fraction of sp³-hybridized carbons (Fsp3) is 0.647. The van der Waals surface area contributed by atoms with Crippen LogP contribution in [0.5, 0.6) is 0 Å². The highest BCUT2D eigenvalue weighted by molar-refractivity contribution is 5.31. The van der Waals surface area contributed by atoms with Crippen LogP contribution in [0.1, 0.15) is 38.2 Å². The van der Waals surface area contributed by atoms with Crippen LogP contribution in [0.4, 0.5) is 5.95 Å². The number of aromatic nitrogens is 2. The first-order chi connectivity index (χ1) is 10.3. The Morgan fingerprint density at radius 1 is 1.19 bits per heavy atom. The van der Waals surface area contributed by atoms with E-state index in [1.165, 1.54) is 37.8 Å². The molecule has 3 heterocycles. The first-order valence-electron chi connectivity index (χ1n) is 8.19. The van der Waals surface area contributed by atoms with Crippen LogP contribution in [0.3, 0.4) is 0 Å². The maximum Gasteiger partial charge on any atom is 0.225 e. The fourth-order valence-electron chi connectivity index (χ4n) is 3.82. The summed E-state index contributed by atoms with van der Waals surface area (Å²) >= 11 is 0. The highest BCUT2D eigenvalue weighted by atomic mass is 15.3. The van der Waals surface area contributed by atoms with E-state index in [1.807, 2.05) is 18.5 Å². The van der Waals surface area contributed by atoms with Gasteiger partial charge in [-0.05, 0) is 44.2 Å². The molecule has 2 saturated heterocycles. The average molecular weight is 286 g/mol. The van der Waals surface area contributed by atoms with Crippen molar-refractivity contribution in [2.45, 2.75) is 44.6 Å². The molecule has 4 nitrogen and oxygen atoms in total. The summed E-state index contributed by atoms with van der Waals surface area (Å²) in [5, 5.41) is 0. The molecule has 4 heteroatoms. The molecule has 0 aromatic carbocycles. The van der Waals surface area contributed by atoms with Gasteiger partial charge in [-0.2, -0.15) is 0 Å². The lowest BCUT2D eigenvalue weighted by molar-refractivity contribution is 0.120. The number of hydrogen-bond donors (Lipinski definition) is 0. The molecule has 0 atom stereocenters. The van der Waals surface area contributed by atoms with Crippen LogP contribution in [0.15, 0.2) is 25.0 Å². The molecular formula is C17H26N4. The summed E-state index contributed by atoms with van der Waals surface area (Å²) in [7, 11) is 0. The van der Waals surface area contributed by atoms with E-state index in [4.69, 9.17) is 0 Å². The van der Waals surface area contributed by atoms with Crippen LogP contribution in [0.2, 0.25) is 0 Å². The molecule has 114 valence electrons.